The van der Waals surface area contributed by atoms with Crippen molar-refractivity contribution >= 4 is 35.4 Å². The molecule has 0 bridgehead atoms. The zero-order valence-electron chi connectivity index (χ0n) is 37.5. The molecule has 1 aliphatic carbocycles. The van der Waals surface area contributed by atoms with Crippen molar-refractivity contribution in [3.63, 3.8) is 0 Å². The number of aliphatic hydroxyl groups is 3. The summed E-state index contributed by atoms with van der Waals surface area (Å²) in [5.74, 6) is -1.36. The van der Waals surface area contributed by atoms with Crippen LogP contribution < -0.4 is 24.5 Å². The standard InChI is InChI=1S/C41H81O19P3/c1-3-5-7-9-11-13-15-17-19-21-23-25-27-29-34(42)55-31-33(57-35(43)30-28-26-24-22-20-18-16-14-12-10-8-6-4-2)32-56-63(53,54)60-39-36(44)37(45)40(58-61(47,48)49)41(38(39)46)59-62(50,51)52/h33,36-41,44-46H,3-32H2,1-2H3,(H,53,54)(H2,47,48,49)(H2,50,51,52)/p-5/t33-,36-,37-,38+,39+,40+,41+/m1/s1. The Morgan fingerprint density at radius 2 is 0.794 bits per heavy atom. The molecule has 19 nitrogen and oxygen atoms in total. The van der Waals surface area contributed by atoms with Gasteiger partial charge >= 0.3 is 11.9 Å². The van der Waals surface area contributed by atoms with Gasteiger partial charge in [0.05, 0.1) is 22.3 Å². The zero-order chi connectivity index (χ0) is 47.2. The summed E-state index contributed by atoms with van der Waals surface area (Å²) in [5, 5.41) is 31.5. The molecule has 0 aromatic carbocycles. The summed E-state index contributed by atoms with van der Waals surface area (Å²) < 4.78 is 63.7. The minimum Gasteiger partial charge on any atom is -0.790 e. The first-order valence-corrected chi connectivity index (χ1v) is 27.6. The fraction of sp³-hybridized carbons (Fsp3) is 0.951. The highest BCUT2D eigenvalue weighted by Gasteiger charge is 2.53. The highest BCUT2D eigenvalue weighted by Crippen LogP contribution is 2.46. The molecule has 0 radical (unpaired) electrons. The molecule has 1 saturated carbocycles. The molecule has 0 spiro atoms. The number of unbranched alkanes of at least 4 members (excludes halogenated alkanes) is 24. The molecule has 1 unspecified atom stereocenters. The van der Waals surface area contributed by atoms with Gasteiger partial charge in [0.15, 0.2) is 6.10 Å². The maximum absolute atomic E-state index is 12.9. The molecule has 0 saturated heterocycles. The van der Waals surface area contributed by atoms with E-state index >= 15 is 0 Å². The normalized spacial score (nSPS) is 22.1. The van der Waals surface area contributed by atoms with Crippen LogP contribution in [0, 0.1) is 0 Å². The molecule has 0 amide bonds. The number of hydrogen-bond donors (Lipinski definition) is 3. The van der Waals surface area contributed by atoms with Crippen LogP contribution in [0.1, 0.15) is 194 Å². The van der Waals surface area contributed by atoms with Crippen LogP contribution in [-0.4, -0.2) is 83.2 Å². The average Bonchev–Trinajstić information content (AvgIpc) is 3.20. The van der Waals surface area contributed by atoms with Crippen LogP contribution in [0.15, 0.2) is 0 Å². The van der Waals surface area contributed by atoms with Crippen molar-refractivity contribution in [3.05, 3.63) is 0 Å². The number of hydrogen-bond acceptors (Lipinski definition) is 19. The zero-order valence-corrected chi connectivity index (χ0v) is 40.2. The summed E-state index contributed by atoms with van der Waals surface area (Å²) in [6, 6.07) is 0. The molecule has 63 heavy (non-hydrogen) atoms. The minimum absolute atomic E-state index is 0.0292. The molecular weight excluding hydrogens is 889 g/mol. The molecule has 0 aliphatic heterocycles. The monoisotopic (exact) mass is 965 g/mol. The van der Waals surface area contributed by atoms with E-state index < -0.39 is 91.3 Å². The third-order valence-corrected chi connectivity index (χ3v) is 12.9. The molecule has 1 fully saturated rings. The number of rotatable bonds is 40. The molecule has 8 atom stereocenters. The Balaban J connectivity index is 2.74. The average molecular weight is 966 g/mol. The molecule has 1 rings (SSSR count). The van der Waals surface area contributed by atoms with Gasteiger partial charge in [0, 0.05) is 12.8 Å². The Hall–Kier alpha value is -0.850. The highest BCUT2D eigenvalue weighted by atomic mass is 31.2. The lowest BCUT2D eigenvalue weighted by atomic mass is 9.85. The topological polar surface area (TPSA) is 317 Å². The van der Waals surface area contributed by atoms with Gasteiger partial charge in [-0.05, 0) is 12.8 Å². The molecule has 1 aliphatic rings. The van der Waals surface area contributed by atoms with E-state index in [1.165, 1.54) is 96.3 Å². The van der Waals surface area contributed by atoms with Crippen molar-refractivity contribution in [2.24, 2.45) is 0 Å². The lowest BCUT2D eigenvalue weighted by molar-refractivity contribution is -0.366. The van der Waals surface area contributed by atoms with Gasteiger partial charge in [-0.1, -0.05) is 168 Å². The summed E-state index contributed by atoms with van der Waals surface area (Å²) in [7, 11) is -18.0. The van der Waals surface area contributed by atoms with E-state index in [0.29, 0.717) is 12.8 Å². The minimum atomic E-state index is -6.15. The summed E-state index contributed by atoms with van der Waals surface area (Å²) in [4.78, 5) is 83.4. The Kier molecular flexibility index (Phi) is 32.9. The Labute approximate surface area is 374 Å². The summed E-state index contributed by atoms with van der Waals surface area (Å²) >= 11 is 0. The number of esters is 2. The van der Waals surface area contributed by atoms with Gasteiger partial charge in [-0.15, -0.1) is 0 Å². The summed E-state index contributed by atoms with van der Waals surface area (Å²) in [5.41, 5.74) is 0. The first kappa shape index (κ1) is 60.2. The maximum atomic E-state index is 12.9. The maximum Gasteiger partial charge on any atom is 0.306 e. The van der Waals surface area contributed by atoms with Gasteiger partial charge in [0.25, 0.3) is 7.82 Å². The van der Waals surface area contributed by atoms with E-state index in [1.807, 2.05) is 0 Å². The van der Waals surface area contributed by atoms with Gasteiger partial charge < -0.3 is 76.5 Å². The molecule has 374 valence electrons. The Morgan fingerprint density at radius 3 is 1.17 bits per heavy atom. The number of ether oxygens (including phenoxy) is 2. The SMILES string of the molecule is CCCCCCCCCCCCCCCC(=O)OC[C@H](COP(=O)([O-])O[C@H]1[C@H](O)[C@@H](O)[C@H](OP(=O)([O-])[O-])[C@@H](OP(=O)([O-])[O-])[C@H]1O)OC(=O)CCCCCCCCCCCCCCC. The second kappa shape index (κ2) is 34.4. The molecule has 22 heteroatoms. The number of carbonyl (C=O) groups is 2. The van der Waals surface area contributed by atoms with Crippen LogP contribution in [0.5, 0.6) is 0 Å². The fourth-order valence-electron chi connectivity index (χ4n) is 7.38. The number of carbonyl (C=O) groups excluding carboxylic acids is 2. The van der Waals surface area contributed by atoms with Crippen molar-refractivity contribution in [3.8, 4) is 0 Å². The Morgan fingerprint density at radius 1 is 0.460 bits per heavy atom. The largest absolute Gasteiger partial charge is 0.790 e. The van der Waals surface area contributed by atoms with Gasteiger partial charge in [0.1, 0.15) is 43.2 Å². The molecular formula is C41H76O19P3-5. The van der Waals surface area contributed by atoms with Crippen molar-refractivity contribution in [2.75, 3.05) is 13.2 Å². The number of aliphatic hydroxyl groups excluding tert-OH is 3. The predicted octanol–water partition coefficient (Wildman–Crippen LogP) is 4.80. The van der Waals surface area contributed by atoms with Crippen molar-refractivity contribution in [2.45, 2.75) is 236 Å². The van der Waals surface area contributed by atoms with E-state index in [0.717, 1.165) is 57.8 Å². The lowest BCUT2D eigenvalue weighted by Gasteiger charge is -2.50. The van der Waals surface area contributed by atoms with E-state index in [1.54, 1.807) is 0 Å². The highest BCUT2D eigenvalue weighted by molar-refractivity contribution is 7.46. The van der Waals surface area contributed by atoms with Gasteiger partial charge in [-0.2, -0.15) is 0 Å². The van der Waals surface area contributed by atoms with Crippen LogP contribution in [-0.2, 0) is 50.9 Å². The lowest BCUT2D eigenvalue weighted by Crippen LogP contribution is -2.65. The summed E-state index contributed by atoms with van der Waals surface area (Å²) in [6.07, 6.45) is 11.1. The van der Waals surface area contributed by atoms with E-state index in [4.69, 9.17) is 14.0 Å². The molecule has 0 heterocycles. The number of phosphoric acid groups is 3. The molecule has 0 aromatic heterocycles. The van der Waals surface area contributed by atoms with E-state index in [9.17, 15) is 63.1 Å². The van der Waals surface area contributed by atoms with Crippen LogP contribution in [0.3, 0.4) is 0 Å². The Bertz CT molecular complexity index is 1350. The van der Waals surface area contributed by atoms with Gasteiger partial charge in [-0.25, -0.2) is 0 Å². The van der Waals surface area contributed by atoms with Crippen molar-refractivity contribution in [1.29, 1.82) is 0 Å². The van der Waals surface area contributed by atoms with Crippen LogP contribution in [0.4, 0.5) is 0 Å². The number of phosphoric ester groups is 3. The molecule has 0 aromatic rings. The molecule has 3 N–H and O–H groups in total. The smallest absolute Gasteiger partial charge is 0.306 e. The van der Waals surface area contributed by atoms with Crippen LogP contribution in [0.25, 0.3) is 0 Å². The van der Waals surface area contributed by atoms with Crippen LogP contribution in [0.2, 0.25) is 0 Å². The van der Waals surface area contributed by atoms with E-state index in [2.05, 4.69) is 27.4 Å². The summed E-state index contributed by atoms with van der Waals surface area (Å²) in [6.45, 7) is 2.78. The first-order valence-electron chi connectivity index (χ1n) is 23.2. The van der Waals surface area contributed by atoms with Crippen LogP contribution >= 0.6 is 23.5 Å². The first-order chi connectivity index (χ1) is 29.8. The second-order valence-electron chi connectivity index (χ2n) is 16.6. The van der Waals surface area contributed by atoms with Gasteiger partial charge in [-0.3, -0.25) is 14.2 Å². The van der Waals surface area contributed by atoms with Gasteiger partial charge in [0.2, 0.25) is 0 Å². The van der Waals surface area contributed by atoms with E-state index in [-0.39, 0.29) is 12.8 Å². The quantitative estimate of drug-likeness (QED) is 0.0422. The van der Waals surface area contributed by atoms with Crippen molar-refractivity contribution in [1.82, 2.24) is 0 Å². The predicted molar refractivity (Wildman–Crippen MR) is 223 cm³/mol. The third kappa shape index (κ3) is 30.9. The third-order valence-electron chi connectivity index (χ3n) is 10.9. The second-order valence-corrected chi connectivity index (χ2v) is 20.2. The van der Waals surface area contributed by atoms with Crippen molar-refractivity contribution < 1.29 is 90.6 Å². The fourth-order valence-corrected chi connectivity index (χ4v) is 9.42.